The first kappa shape index (κ1) is 17.2. The van der Waals surface area contributed by atoms with Crippen molar-refractivity contribution in [2.24, 2.45) is 5.10 Å². The molecular formula is C18H17N5O3. The number of nitro groups is 1. The van der Waals surface area contributed by atoms with Crippen molar-refractivity contribution in [2.75, 3.05) is 12.5 Å². The highest BCUT2D eigenvalue weighted by molar-refractivity contribution is 5.80. The zero-order valence-electron chi connectivity index (χ0n) is 14.3. The molecule has 26 heavy (non-hydrogen) atoms. The summed E-state index contributed by atoms with van der Waals surface area (Å²) in [7, 11) is 1.64. The minimum Gasteiger partial charge on any atom is -0.497 e. The number of hydrogen-bond donors (Lipinski definition) is 1. The number of rotatable bonds is 6. The fraction of sp³-hybridized carbons (Fsp3) is 0.111. The van der Waals surface area contributed by atoms with Crippen LogP contribution in [0.4, 0.5) is 11.5 Å². The topological polar surface area (TPSA) is 94.6 Å². The van der Waals surface area contributed by atoms with Crippen LogP contribution in [-0.4, -0.2) is 27.8 Å². The molecule has 0 aliphatic carbocycles. The van der Waals surface area contributed by atoms with Crippen LogP contribution in [0.1, 0.15) is 11.3 Å². The third kappa shape index (κ3) is 3.86. The van der Waals surface area contributed by atoms with Gasteiger partial charge >= 0.3 is 0 Å². The summed E-state index contributed by atoms with van der Waals surface area (Å²) in [5.74, 6) is 1.23. The third-order valence-corrected chi connectivity index (χ3v) is 3.74. The number of aromatic nitrogens is 2. The molecule has 0 fully saturated rings. The fourth-order valence-electron chi connectivity index (χ4n) is 2.42. The van der Waals surface area contributed by atoms with E-state index in [9.17, 15) is 10.1 Å². The molecule has 0 bridgehead atoms. The highest BCUT2D eigenvalue weighted by atomic mass is 16.6. The third-order valence-electron chi connectivity index (χ3n) is 3.74. The first-order valence-electron chi connectivity index (χ1n) is 7.80. The number of pyridine rings is 1. The van der Waals surface area contributed by atoms with Crippen LogP contribution in [0.5, 0.6) is 5.75 Å². The number of methoxy groups -OCH3 is 1. The van der Waals surface area contributed by atoms with Gasteiger partial charge in [-0.15, -0.1) is 0 Å². The van der Waals surface area contributed by atoms with Gasteiger partial charge in [0, 0.05) is 29.2 Å². The smallest absolute Gasteiger partial charge is 0.287 e. The van der Waals surface area contributed by atoms with Crippen LogP contribution in [0.3, 0.4) is 0 Å². The molecule has 2 aromatic heterocycles. The lowest BCUT2D eigenvalue weighted by Crippen LogP contribution is -1.95. The number of nitrogens with one attached hydrogen (secondary N) is 1. The van der Waals surface area contributed by atoms with Crippen LogP contribution in [-0.2, 0) is 0 Å². The predicted octanol–water partition coefficient (Wildman–Crippen LogP) is 3.54. The van der Waals surface area contributed by atoms with Crippen molar-refractivity contribution in [2.45, 2.75) is 6.92 Å². The Balaban J connectivity index is 1.70. The molecule has 0 amide bonds. The molecule has 3 rings (SSSR count). The van der Waals surface area contributed by atoms with E-state index in [1.54, 1.807) is 13.3 Å². The zero-order chi connectivity index (χ0) is 18.5. The number of nitrogens with zero attached hydrogens (tertiary/aromatic N) is 4. The molecule has 0 aliphatic rings. The average Bonchev–Trinajstić information content (AvgIpc) is 3.03. The molecule has 1 aromatic carbocycles. The molecule has 0 saturated heterocycles. The van der Waals surface area contributed by atoms with E-state index in [2.05, 4.69) is 15.5 Å². The summed E-state index contributed by atoms with van der Waals surface area (Å²) in [6.45, 7) is 2.01. The van der Waals surface area contributed by atoms with Crippen molar-refractivity contribution >= 4 is 17.7 Å². The first-order chi connectivity index (χ1) is 12.6. The summed E-state index contributed by atoms with van der Waals surface area (Å²) in [5.41, 5.74) is 5.68. The van der Waals surface area contributed by atoms with Crippen LogP contribution in [0.25, 0.3) is 5.69 Å². The van der Waals surface area contributed by atoms with Crippen molar-refractivity contribution in [1.82, 2.24) is 9.55 Å². The normalized spacial score (nSPS) is 10.8. The molecule has 0 radical (unpaired) electrons. The van der Waals surface area contributed by atoms with Crippen LogP contribution in [0, 0.1) is 17.0 Å². The lowest BCUT2D eigenvalue weighted by atomic mass is 10.3. The highest BCUT2D eigenvalue weighted by Crippen LogP contribution is 2.18. The van der Waals surface area contributed by atoms with Crippen LogP contribution >= 0.6 is 0 Å². The molecule has 0 atom stereocenters. The predicted molar refractivity (Wildman–Crippen MR) is 99.2 cm³/mol. The Morgan fingerprint density at radius 3 is 2.65 bits per heavy atom. The Kier molecular flexibility index (Phi) is 4.93. The van der Waals surface area contributed by atoms with Crippen molar-refractivity contribution in [3.8, 4) is 11.4 Å². The van der Waals surface area contributed by atoms with Crippen LogP contribution < -0.4 is 10.2 Å². The quantitative estimate of drug-likeness (QED) is 0.416. The highest BCUT2D eigenvalue weighted by Gasteiger charge is 2.05. The molecule has 1 N–H and O–H groups in total. The van der Waals surface area contributed by atoms with Crippen molar-refractivity contribution < 1.29 is 9.66 Å². The maximum Gasteiger partial charge on any atom is 0.287 e. The van der Waals surface area contributed by atoms with Crippen molar-refractivity contribution in [1.29, 1.82) is 0 Å². The Morgan fingerprint density at radius 2 is 2.04 bits per heavy atom. The van der Waals surface area contributed by atoms with E-state index in [0.29, 0.717) is 5.82 Å². The average molecular weight is 351 g/mol. The van der Waals surface area contributed by atoms with E-state index in [1.807, 2.05) is 48.0 Å². The lowest BCUT2D eigenvalue weighted by molar-refractivity contribution is -0.385. The maximum atomic E-state index is 10.6. The van der Waals surface area contributed by atoms with Gasteiger partial charge in [0.1, 0.15) is 17.8 Å². The summed E-state index contributed by atoms with van der Waals surface area (Å²) in [6.07, 6.45) is 4.81. The number of ether oxygens (including phenoxy) is 1. The minimum atomic E-state index is -0.495. The van der Waals surface area contributed by atoms with E-state index in [4.69, 9.17) is 4.74 Å². The molecule has 0 aliphatic heterocycles. The molecule has 2 heterocycles. The summed E-state index contributed by atoms with van der Waals surface area (Å²) in [6, 6.07) is 12.6. The van der Waals surface area contributed by atoms with Gasteiger partial charge < -0.3 is 9.30 Å². The molecule has 8 heteroatoms. The van der Waals surface area contributed by atoms with Gasteiger partial charge in [0.25, 0.3) is 5.69 Å². The van der Waals surface area contributed by atoms with E-state index < -0.39 is 4.92 Å². The van der Waals surface area contributed by atoms with Gasteiger partial charge in [-0.2, -0.15) is 5.10 Å². The van der Waals surface area contributed by atoms with Gasteiger partial charge in [0.2, 0.25) is 0 Å². The number of anilines is 1. The molecule has 0 saturated carbocycles. The van der Waals surface area contributed by atoms with E-state index in [-0.39, 0.29) is 5.69 Å². The second kappa shape index (κ2) is 7.47. The van der Waals surface area contributed by atoms with Crippen LogP contribution in [0.2, 0.25) is 0 Å². The van der Waals surface area contributed by atoms with E-state index in [0.717, 1.165) is 22.7 Å². The lowest BCUT2D eigenvalue weighted by Gasteiger charge is -2.06. The van der Waals surface area contributed by atoms with E-state index >= 15 is 0 Å². The summed E-state index contributed by atoms with van der Waals surface area (Å²) >= 11 is 0. The second-order valence-electron chi connectivity index (χ2n) is 5.51. The number of hydrazone groups is 1. The standard InChI is InChI=1S/C18H17N5O3/c1-13-9-14(12-22(13)15-3-6-17(26-2)7-4-15)10-20-21-18-8-5-16(11-19-18)23(24)25/h3-12H,1-2H3,(H,19,21)/b20-10-. The summed E-state index contributed by atoms with van der Waals surface area (Å²) in [4.78, 5) is 14.0. The molecule has 0 unspecified atom stereocenters. The molecule has 8 nitrogen and oxygen atoms in total. The molecular weight excluding hydrogens is 334 g/mol. The maximum absolute atomic E-state index is 10.6. The fourth-order valence-corrected chi connectivity index (χ4v) is 2.42. The Bertz CT molecular complexity index is 930. The number of benzene rings is 1. The Hall–Kier alpha value is -3.68. The Labute approximate surface area is 149 Å². The van der Waals surface area contributed by atoms with Gasteiger partial charge in [-0.1, -0.05) is 0 Å². The van der Waals surface area contributed by atoms with Gasteiger partial charge in [0.15, 0.2) is 0 Å². The summed E-state index contributed by atoms with van der Waals surface area (Å²) in [5, 5.41) is 14.7. The monoisotopic (exact) mass is 351 g/mol. The Morgan fingerprint density at radius 1 is 1.27 bits per heavy atom. The van der Waals surface area contributed by atoms with Gasteiger partial charge in [-0.25, -0.2) is 4.98 Å². The molecule has 0 spiro atoms. The van der Waals surface area contributed by atoms with Crippen LogP contribution in [0.15, 0.2) is 60.0 Å². The van der Waals surface area contributed by atoms with Crippen molar-refractivity contribution in [3.05, 3.63) is 76.2 Å². The second-order valence-corrected chi connectivity index (χ2v) is 5.51. The molecule has 3 aromatic rings. The van der Waals surface area contributed by atoms with E-state index in [1.165, 1.54) is 18.3 Å². The molecule has 132 valence electrons. The van der Waals surface area contributed by atoms with Gasteiger partial charge in [-0.05, 0) is 43.3 Å². The summed E-state index contributed by atoms with van der Waals surface area (Å²) < 4.78 is 7.22. The first-order valence-corrected chi connectivity index (χ1v) is 7.80. The van der Waals surface area contributed by atoms with Crippen molar-refractivity contribution in [3.63, 3.8) is 0 Å². The van der Waals surface area contributed by atoms with Gasteiger partial charge in [0.05, 0.1) is 18.2 Å². The minimum absolute atomic E-state index is 0.0632. The zero-order valence-corrected chi connectivity index (χ0v) is 14.3. The number of aryl methyl sites for hydroxylation is 1. The van der Waals surface area contributed by atoms with Gasteiger partial charge in [-0.3, -0.25) is 15.5 Å². The SMILES string of the molecule is COc1ccc(-n2cc(/C=N\Nc3ccc([N+](=O)[O-])cn3)cc2C)cc1. The number of hydrogen-bond acceptors (Lipinski definition) is 6. The largest absolute Gasteiger partial charge is 0.497 e.